The van der Waals surface area contributed by atoms with Gasteiger partial charge in [0.15, 0.2) is 0 Å². The van der Waals surface area contributed by atoms with Crippen molar-refractivity contribution in [3.05, 3.63) is 30.3 Å². The van der Waals surface area contributed by atoms with E-state index in [2.05, 4.69) is 6.92 Å². The van der Waals surface area contributed by atoms with Gasteiger partial charge in [-0.3, -0.25) is 0 Å². The van der Waals surface area contributed by atoms with Gasteiger partial charge in [-0.15, -0.1) is 0 Å². The second-order valence-corrected chi connectivity index (χ2v) is 7.88. The van der Waals surface area contributed by atoms with E-state index in [1.54, 1.807) is 24.3 Å². The molecule has 0 aliphatic carbocycles. The van der Waals surface area contributed by atoms with E-state index in [1.165, 1.54) is 51.4 Å². The van der Waals surface area contributed by atoms with Crippen molar-refractivity contribution in [1.29, 1.82) is 0 Å². The molecule has 0 fully saturated rings. The molecular weight excluding hydrogens is 348 g/mol. The van der Waals surface area contributed by atoms with Crippen molar-refractivity contribution >= 4 is 47.9 Å². The number of hydrogen-bond donors (Lipinski definition) is 0. The summed E-state index contributed by atoms with van der Waals surface area (Å²) in [6.45, 7) is 2.24. The van der Waals surface area contributed by atoms with Crippen molar-refractivity contribution in [3.63, 3.8) is 0 Å². The van der Waals surface area contributed by atoms with Crippen LogP contribution in [0.3, 0.4) is 0 Å². The summed E-state index contributed by atoms with van der Waals surface area (Å²) >= 11 is 0. The summed E-state index contributed by atoms with van der Waals surface area (Å²) in [6.07, 6.45) is 13.3. The Kier molecular flexibility index (Phi) is 15.6. The molecule has 1 rings (SSSR count). The van der Waals surface area contributed by atoms with Crippen molar-refractivity contribution in [2.45, 2.75) is 77.6 Å². The SMILES string of the molecule is CCCCCCCCCCCCCS(=O)(=O)Oc1ccccc1.[CaH2]. The number of para-hydroxylation sites is 1. The van der Waals surface area contributed by atoms with E-state index in [4.69, 9.17) is 4.18 Å². The Bertz CT molecular complexity index is 489. The number of rotatable bonds is 14. The van der Waals surface area contributed by atoms with E-state index in [0.29, 0.717) is 12.2 Å². The third kappa shape index (κ3) is 13.5. The molecule has 0 atom stereocenters. The van der Waals surface area contributed by atoms with Gasteiger partial charge in [-0.05, 0) is 18.6 Å². The van der Waals surface area contributed by atoms with Crippen LogP contribution in [0.5, 0.6) is 5.75 Å². The summed E-state index contributed by atoms with van der Waals surface area (Å²) < 4.78 is 28.7. The Hall–Kier alpha value is 0.230. The van der Waals surface area contributed by atoms with Crippen molar-refractivity contribution in [3.8, 4) is 5.75 Å². The summed E-state index contributed by atoms with van der Waals surface area (Å²) in [5, 5.41) is 0. The Labute approximate surface area is 178 Å². The van der Waals surface area contributed by atoms with Crippen LogP contribution in [-0.4, -0.2) is 51.9 Å². The molecule has 0 aromatic heterocycles. The molecule has 1 aromatic carbocycles. The Morgan fingerprint density at radius 2 is 1.21 bits per heavy atom. The topological polar surface area (TPSA) is 43.4 Å². The average molecular weight is 383 g/mol. The van der Waals surface area contributed by atoms with Crippen LogP contribution in [0.4, 0.5) is 0 Å². The summed E-state index contributed by atoms with van der Waals surface area (Å²) in [7, 11) is -3.44. The van der Waals surface area contributed by atoms with Crippen LogP contribution in [-0.2, 0) is 10.1 Å². The molecule has 0 unspecified atom stereocenters. The zero-order valence-corrected chi connectivity index (χ0v) is 15.3. The van der Waals surface area contributed by atoms with Crippen LogP contribution in [0.15, 0.2) is 30.3 Å². The first-order valence-electron chi connectivity index (χ1n) is 9.11. The van der Waals surface area contributed by atoms with Gasteiger partial charge in [-0.1, -0.05) is 89.3 Å². The van der Waals surface area contributed by atoms with E-state index >= 15 is 0 Å². The Balaban J connectivity index is 0.00000529. The molecule has 0 saturated heterocycles. The molecule has 136 valence electrons. The first-order valence-corrected chi connectivity index (χ1v) is 10.7. The standard InChI is InChI=1S/C19H32O3S.Ca.2H/c1-2-3-4-5-6-7-8-9-10-11-15-18-23(20,21)22-19-16-13-12-14-17-19;;;/h12-14,16-17H,2-11,15,18H2,1H3;;;. The molecule has 5 heteroatoms. The van der Waals surface area contributed by atoms with E-state index in [9.17, 15) is 8.42 Å². The molecule has 0 spiro atoms. The molecule has 0 aliphatic rings. The van der Waals surface area contributed by atoms with Gasteiger partial charge in [-0.25, -0.2) is 0 Å². The zero-order valence-electron chi connectivity index (χ0n) is 14.5. The molecule has 3 nitrogen and oxygen atoms in total. The van der Waals surface area contributed by atoms with Gasteiger partial charge >= 0.3 is 47.9 Å². The number of unbranched alkanes of at least 4 members (excludes halogenated alkanes) is 10. The van der Waals surface area contributed by atoms with Crippen LogP contribution in [0.25, 0.3) is 0 Å². The third-order valence-electron chi connectivity index (χ3n) is 3.96. The van der Waals surface area contributed by atoms with Crippen LogP contribution in [0.2, 0.25) is 0 Å². The molecule has 0 aliphatic heterocycles. The molecule has 0 amide bonds. The van der Waals surface area contributed by atoms with Gasteiger partial charge in [0, 0.05) is 0 Å². The number of hydrogen-bond acceptors (Lipinski definition) is 3. The van der Waals surface area contributed by atoms with Crippen LogP contribution in [0, 0.1) is 0 Å². The predicted octanol–water partition coefficient (Wildman–Crippen LogP) is 4.79. The second kappa shape index (κ2) is 15.5. The zero-order chi connectivity index (χ0) is 16.8. The van der Waals surface area contributed by atoms with Gasteiger partial charge in [0.05, 0.1) is 5.75 Å². The van der Waals surface area contributed by atoms with Gasteiger partial charge in [0.1, 0.15) is 5.75 Å². The number of benzene rings is 1. The fraction of sp³-hybridized carbons (Fsp3) is 0.684. The van der Waals surface area contributed by atoms with E-state index in [0.717, 1.165) is 12.8 Å². The molecule has 0 N–H and O–H groups in total. The van der Waals surface area contributed by atoms with Crippen molar-refractivity contribution in [2.75, 3.05) is 5.75 Å². The van der Waals surface area contributed by atoms with Crippen molar-refractivity contribution in [2.24, 2.45) is 0 Å². The summed E-state index contributed by atoms with van der Waals surface area (Å²) in [6, 6.07) is 8.71. The molecule has 1 aromatic rings. The minimum absolute atomic E-state index is 0. The Morgan fingerprint density at radius 3 is 1.71 bits per heavy atom. The van der Waals surface area contributed by atoms with Crippen LogP contribution < -0.4 is 4.18 Å². The summed E-state index contributed by atoms with van der Waals surface area (Å²) in [5.41, 5.74) is 0. The minimum atomic E-state index is -3.44. The van der Waals surface area contributed by atoms with Crippen LogP contribution in [0.1, 0.15) is 77.6 Å². The molecular formula is C19H34CaO3S. The van der Waals surface area contributed by atoms with Crippen LogP contribution >= 0.6 is 0 Å². The first-order chi connectivity index (χ1) is 11.1. The summed E-state index contributed by atoms with van der Waals surface area (Å²) in [4.78, 5) is 0. The van der Waals surface area contributed by atoms with E-state index < -0.39 is 10.1 Å². The van der Waals surface area contributed by atoms with E-state index in [1.807, 2.05) is 6.07 Å². The fourth-order valence-electron chi connectivity index (χ4n) is 2.61. The van der Waals surface area contributed by atoms with Crippen molar-refractivity contribution in [1.82, 2.24) is 0 Å². The molecule has 0 saturated carbocycles. The first kappa shape index (κ1) is 24.2. The normalized spacial score (nSPS) is 11.0. The predicted molar refractivity (Wildman–Crippen MR) is 106 cm³/mol. The molecule has 0 bridgehead atoms. The second-order valence-electron chi connectivity index (χ2n) is 6.19. The summed E-state index contributed by atoms with van der Waals surface area (Å²) in [5.74, 6) is 0.509. The van der Waals surface area contributed by atoms with Gasteiger partial charge in [0.25, 0.3) is 0 Å². The van der Waals surface area contributed by atoms with Crippen molar-refractivity contribution < 1.29 is 12.6 Å². The van der Waals surface area contributed by atoms with Gasteiger partial charge in [0.2, 0.25) is 0 Å². The Morgan fingerprint density at radius 1 is 0.750 bits per heavy atom. The molecule has 0 heterocycles. The van der Waals surface area contributed by atoms with Gasteiger partial charge < -0.3 is 4.18 Å². The third-order valence-corrected chi connectivity index (χ3v) is 5.20. The molecule has 0 radical (unpaired) electrons. The maximum absolute atomic E-state index is 11.8. The molecule has 24 heavy (non-hydrogen) atoms. The monoisotopic (exact) mass is 382 g/mol. The van der Waals surface area contributed by atoms with E-state index in [-0.39, 0.29) is 43.5 Å². The maximum atomic E-state index is 11.8. The quantitative estimate of drug-likeness (QED) is 0.264. The van der Waals surface area contributed by atoms with Gasteiger partial charge in [-0.2, -0.15) is 8.42 Å². The fourth-order valence-corrected chi connectivity index (χ4v) is 3.65. The average Bonchev–Trinajstić information content (AvgIpc) is 2.53.